The van der Waals surface area contributed by atoms with Gasteiger partial charge >= 0.3 is 12.1 Å². The smallest absolute Gasteiger partial charge is 0.416 e. The summed E-state index contributed by atoms with van der Waals surface area (Å²) in [5.41, 5.74) is -0.186. The number of nitrogens with one attached hydrogen (secondary N) is 2. The number of ether oxygens (including phenoxy) is 1. The summed E-state index contributed by atoms with van der Waals surface area (Å²) in [5, 5.41) is 3.27. The van der Waals surface area contributed by atoms with Gasteiger partial charge in [-0.1, -0.05) is 13.0 Å². The van der Waals surface area contributed by atoms with Crippen molar-refractivity contribution in [3.05, 3.63) is 59.8 Å². The van der Waals surface area contributed by atoms with Crippen LogP contribution in [0.2, 0.25) is 0 Å². The van der Waals surface area contributed by atoms with Crippen LogP contribution in [-0.4, -0.2) is 32.5 Å². The lowest BCUT2D eigenvalue weighted by Gasteiger charge is -2.16. The van der Waals surface area contributed by atoms with Crippen molar-refractivity contribution >= 4 is 38.3 Å². The SMILES string of the molecule is CCCNS(=O)(=O)c1ccc(Nc2c(C(=O)OCC)cnc3cc(C(F)(F)F)ccc23)cc1. The highest BCUT2D eigenvalue weighted by Crippen LogP contribution is 2.35. The molecule has 2 N–H and O–H groups in total. The van der Waals surface area contributed by atoms with E-state index in [-0.39, 0.29) is 33.7 Å². The maximum absolute atomic E-state index is 13.1. The third-order valence-corrected chi connectivity index (χ3v) is 6.14. The lowest BCUT2D eigenvalue weighted by atomic mass is 10.1. The Labute approximate surface area is 189 Å². The Morgan fingerprint density at radius 1 is 1.09 bits per heavy atom. The summed E-state index contributed by atoms with van der Waals surface area (Å²) in [5.74, 6) is -0.697. The van der Waals surface area contributed by atoms with Crippen molar-refractivity contribution in [1.29, 1.82) is 0 Å². The Balaban J connectivity index is 2.04. The number of aromatic nitrogens is 1. The molecular weight excluding hydrogens is 459 g/mol. The molecule has 0 aliphatic carbocycles. The standard InChI is InChI=1S/C22H22F3N3O4S/c1-3-11-27-33(30,31)16-8-6-15(7-9-16)28-20-17-10-5-14(22(23,24)25)12-19(17)26-13-18(20)21(29)32-4-2/h5-10,12-13,27H,3-4,11H2,1-2H3,(H,26,28). The molecule has 0 bridgehead atoms. The first-order valence-electron chi connectivity index (χ1n) is 10.1. The molecule has 11 heteroatoms. The number of hydrogen-bond donors (Lipinski definition) is 2. The fourth-order valence-corrected chi connectivity index (χ4v) is 4.18. The van der Waals surface area contributed by atoms with E-state index in [1.807, 2.05) is 6.92 Å². The number of benzene rings is 2. The van der Waals surface area contributed by atoms with E-state index < -0.39 is 27.7 Å². The quantitative estimate of drug-likeness (QED) is 0.446. The van der Waals surface area contributed by atoms with Gasteiger partial charge in [-0.2, -0.15) is 13.2 Å². The Morgan fingerprint density at radius 3 is 2.39 bits per heavy atom. The summed E-state index contributed by atoms with van der Waals surface area (Å²) in [4.78, 5) is 16.5. The van der Waals surface area contributed by atoms with Gasteiger partial charge in [0.1, 0.15) is 5.56 Å². The number of rotatable bonds is 8. The number of hydrogen-bond acceptors (Lipinski definition) is 6. The van der Waals surface area contributed by atoms with Crippen molar-refractivity contribution in [2.45, 2.75) is 31.3 Å². The second kappa shape index (κ2) is 9.75. The summed E-state index contributed by atoms with van der Waals surface area (Å²) >= 11 is 0. The zero-order valence-corrected chi connectivity index (χ0v) is 18.7. The van der Waals surface area contributed by atoms with E-state index in [9.17, 15) is 26.4 Å². The Bertz CT molecular complexity index is 1260. The lowest BCUT2D eigenvalue weighted by Crippen LogP contribution is -2.24. The van der Waals surface area contributed by atoms with E-state index in [1.54, 1.807) is 6.92 Å². The van der Waals surface area contributed by atoms with Gasteiger partial charge in [0.2, 0.25) is 10.0 Å². The number of fused-ring (bicyclic) bond motifs is 1. The maximum Gasteiger partial charge on any atom is 0.416 e. The van der Waals surface area contributed by atoms with Crippen LogP contribution in [0.25, 0.3) is 10.9 Å². The fraction of sp³-hybridized carbons (Fsp3) is 0.273. The van der Waals surface area contributed by atoms with Crippen LogP contribution in [0, 0.1) is 0 Å². The zero-order valence-electron chi connectivity index (χ0n) is 17.9. The molecule has 1 heterocycles. The molecule has 0 fully saturated rings. The Hall–Kier alpha value is -3.18. The van der Waals surface area contributed by atoms with Crippen LogP contribution in [0.15, 0.2) is 53.6 Å². The number of sulfonamides is 1. The van der Waals surface area contributed by atoms with Crippen LogP contribution in [0.1, 0.15) is 36.2 Å². The van der Waals surface area contributed by atoms with Crippen molar-refractivity contribution in [3.8, 4) is 0 Å². The van der Waals surface area contributed by atoms with E-state index in [4.69, 9.17) is 4.74 Å². The second-order valence-corrected chi connectivity index (χ2v) is 8.81. The van der Waals surface area contributed by atoms with Crippen LogP contribution < -0.4 is 10.0 Å². The molecule has 33 heavy (non-hydrogen) atoms. The fourth-order valence-electron chi connectivity index (χ4n) is 3.05. The Kier molecular flexibility index (Phi) is 7.23. The van der Waals surface area contributed by atoms with Gasteiger partial charge in [-0.25, -0.2) is 17.9 Å². The number of carbonyl (C=O) groups excluding carboxylic acids is 1. The molecule has 176 valence electrons. The first kappa shape index (κ1) is 24.5. The van der Waals surface area contributed by atoms with E-state index in [2.05, 4.69) is 15.0 Å². The van der Waals surface area contributed by atoms with Crippen LogP contribution >= 0.6 is 0 Å². The van der Waals surface area contributed by atoms with Crippen molar-refractivity contribution in [1.82, 2.24) is 9.71 Å². The summed E-state index contributed by atoms with van der Waals surface area (Å²) in [6.45, 7) is 3.86. The van der Waals surface area contributed by atoms with Crippen molar-refractivity contribution < 1.29 is 31.1 Å². The molecule has 2 aromatic carbocycles. The van der Waals surface area contributed by atoms with Gasteiger partial charge in [0.25, 0.3) is 0 Å². The van der Waals surface area contributed by atoms with Gasteiger partial charge < -0.3 is 10.1 Å². The van der Waals surface area contributed by atoms with Gasteiger partial charge in [0.05, 0.1) is 28.3 Å². The average Bonchev–Trinajstić information content (AvgIpc) is 2.77. The third kappa shape index (κ3) is 5.60. The van der Waals surface area contributed by atoms with Gasteiger partial charge in [-0.3, -0.25) is 4.98 Å². The molecule has 0 amide bonds. The minimum absolute atomic E-state index is 0.0309. The molecule has 0 spiro atoms. The predicted molar refractivity (Wildman–Crippen MR) is 118 cm³/mol. The Morgan fingerprint density at radius 2 is 1.79 bits per heavy atom. The van der Waals surface area contributed by atoms with Crippen molar-refractivity contribution in [2.24, 2.45) is 0 Å². The zero-order chi connectivity index (χ0) is 24.2. The second-order valence-electron chi connectivity index (χ2n) is 7.04. The van der Waals surface area contributed by atoms with Gasteiger partial charge in [0, 0.05) is 23.8 Å². The molecule has 0 saturated heterocycles. The number of esters is 1. The van der Waals surface area contributed by atoms with Gasteiger partial charge in [-0.05, 0) is 49.7 Å². The van der Waals surface area contributed by atoms with Gasteiger partial charge in [0.15, 0.2) is 0 Å². The highest BCUT2D eigenvalue weighted by molar-refractivity contribution is 7.89. The molecule has 0 atom stereocenters. The molecule has 0 unspecified atom stereocenters. The summed E-state index contributed by atoms with van der Waals surface area (Å²) < 4.78 is 71.4. The van der Waals surface area contributed by atoms with Gasteiger partial charge in [-0.15, -0.1) is 0 Å². The van der Waals surface area contributed by atoms with Crippen LogP contribution in [-0.2, 0) is 20.9 Å². The minimum Gasteiger partial charge on any atom is -0.462 e. The molecule has 0 aliphatic rings. The van der Waals surface area contributed by atoms with E-state index in [0.29, 0.717) is 18.7 Å². The number of alkyl halides is 3. The molecule has 0 radical (unpaired) electrons. The topological polar surface area (TPSA) is 97.4 Å². The predicted octanol–water partition coefficient (Wildman–Crippen LogP) is 4.86. The normalized spacial score (nSPS) is 12.0. The maximum atomic E-state index is 13.1. The molecule has 0 aliphatic heterocycles. The molecule has 3 aromatic rings. The van der Waals surface area contributed by atoms with E-state index in [0.717, 1.165) is 18.3 Å². The van der Waals surface area contributed by atoms with E-state index >= 15 is 0 Å². The largest absolute Gasteiger partial charge is 0.462 e. The van der Waals surface area contributed by atoms with Crippen LogP contribution in [0.4, 0.5) is 24.5 Å². The molecule has 1 aromatic heterocycles. The number of anilines is 2. The highest BCUT2D eigenvalue weighted by Gasteiger charge is 2.31. The van der Waals surface area contributed by atoms with Crippen LogP contribution in [0.3, 0.4) is 0 Å². The summed E-state index contributed by atoms with van der Waals surface area (Å²) in [7, 11) is -3.66. The first-order valence-corrected chi connectivity index (χ1v) is 11.6. The number of carbonyl (C=O) groups is 1. The van der Waals surface area contributed by atoms with Crippen molar-refractivity contribution in [3.63, 3.8) is 0 Å². The average molecular weight is 481 g/mol. The minimum atomic E-state index is -4.55. The third-order valence-electron chi connectivity index (χ3n) is 4.67. The highest BCUT2D eigenvalue weighted by atomic mass is 32.2. The molecule has 7 nitrogen and oxygen atoms in total. The summed E-state index contributed by atoms with van der Waals surface area (Å²) in [6, 6.07) is 8.77. The molecule has 0 saturated carbocycles. The van der Waals surface area contributed by atoms with Crippen LogP contribution in [0.5, 0.6) is 0 Å². The van der Waals surface area contributed by atoms with E-state index in [1.165, 1.54) is 30.3 Å². The summed E-state index contributed by atoms with van der Waals surface area (Å²) in [6.07, 6.45) is -2.76. The number of nitrogens with zero attached hydrogens (tertiary/aromatic N) is 1. The monoisotopic (exact) mass is 481 g/mol. The first-order chi connectivity index (χ1) is 15.6. The van der Waals surface area contributed by atoms with Crippen molar-refractivity contribution in [2.75, 3.05) is 18.5 Å². The number of pyridine rings is 1. The lowest BCUT2D eigenvalue weighted by molar-refractivity contribution is -0.137. The number of halogens is 3. The molecule has 3 rings (SSSR count). The molecular formula is C22H22F3N3O4S.